The van der Waals surface area contributed by atoms with Crippen LogP contribution in [0.25, 0.3) is 0 Å². The van der Waals surface area contributed by atoms with E-state index in [9.17, 15) is 0 Å². The molecule has 0 amide bonds. The molecule has 1 aromatic carbocycles. The van der Waals surface area contributed by atoms with Gasteiger partial charge in [-0.25, -0.2) is 4.94 Å². The molecule has 21 heavy (non-hydrogen) atoms. The van der Waals surface area contributed by atoms with Gasteiger partial charge in [0.15, 0.2) is 0 Å². The normalized spacial score (nSPS) is 13.7. The van der Waals surface area contributed by atoms with Crippen LogP contribution in [0, 0.1) is 0 Å². The number of amidine groups is 1. The molecule has 0 saturated heterocycles. The number of nitrogens with zero attached hydrogens (tertiary/aromatic N) is 4. The summed E-state index contributed by atoms with van der Waals surface area (Å²) in [5, 5.41) is 7.31. The van der Waals surface area contributed by atoms with Gasteiger partial charge in [0.25, 0.3) is 0 Å². The third-order valence-electron chi connectivity index (χ3n) is 2.80. The molecule has 0 aromatic heterocycles. The molecule has 0 fully saturated rings. The molecule has 1 heterocycles. The van der Waals surface area contributed by atoms with Gasteiger partial charge in [-0.1, -0.05) is 31.1 Å². The Balaban J connectivity index is 0.00000106. The molecule has 0 saturated carbocycles. The van der Waals surface area contributed by atoms with Crippen molar-refractivity contribution in [2.24, 2.45) is 21.0 Å². The maximum Gasteiger partial charge on any atom is 0.148 e. The van der Waals surface area contributed by atoms with Gasteiger partial charge in [-0.05, 0) is 24.2 Å². The first kappa shape index (κ1) is 16.7. The maximum absolute atomic E-state index is 5.57. The van der Waals surface area contributed by atoms with Crippen LogP contribution in [0.1, 0.15) is 27.2 Å². The Kier molecular flexibility index (Phi) is 6.94. The van der Waals surface area contributed by atoms with Crippen LogP contribution in [0.3, 0.4) is 0 Å². The van der Waals surface area contributed by atoms with Crippen LogP contribution in [-0.2, 0) is 4.94 Å². The highest BCUT2D eigenvalue weighted by Crippen LogP contribution is 2.26. The minimum Gasteiger partial charge on any atom is -0.384 e. The molecular formula is C15H23N5O. The number of nitrogens with two attached hydrogens (primary N) is 1. The number of para-hydroxylation sites is 2. The van der Waals surface area contributed by atoms with E-state index in [2.05, 4.69) is 32.1 Å². The number of hydrogen-bond acceptors (Lipinski definition) is 6. The summed E-state index contributed by atoms with van der Waals surface area (Å²) in [5.74, 6) is 0.399. The highest BCUT2D eigenvalue weighted by molar-refractivity contribution is 6.35. The molecule has 0 spiro atoms. The number of anilines is 1. The first-order chi connectivity index (χ1) is 10.2. The summed E-state index contributed by atoms with van der Waals surface area (Å²) < 4.78 is 0. The Morgan fingerprint density at radius 2 is 2.05 bits per heavy atom. The van der Waals surface area contributed by atoms with Crippen LogP contribution in [0.5, 0.6) is 0 Å². The fraction of sp³-hybridized carbons (Fsp3) is 0.400. The zero-order chi connectivity index (χ0) is 15.7. The van der Waals surface area contributed by atoms with Gasteiger partial charge >= 0.3 is 0 Å². The second kappa shape index (κ2) is 8.73. The summed E-state index contributed by atoms with van der Waals surface area (Å²) in [6.45, 7) is 7.01. The van der Waals surface area contributed by atoms with Crippen LogP contribution in [0.15, 0.2) is 39.6 Å². The molecule has 0 bridgehead atoms. The fourth-order valence-corrected chi connectivity index (χ4v) is 1.66. The lowest BCUT2D eigenvalue weighted by Gasteiger charge is -2.18. The van der Waals surface area contributed by atoms with Crippen molar-refractivity contribution < 1.29 is 4.94 Å². The van der Waals surface area contributed by atoms with Crippen molar-refractivity contribution in [3.05, 3.63) is 24.3 Å². The van der Waals surface area contributed by atoms with Gasteiger partial charge in [0.1, 0.15) is 11.5 Å². The molecule has 0 radical (unpaired) electrons. The lowest BCUT2D eigenvalue weighted by Crippen LogP contribution is -2.21. The highest BCUT2D eigenvalue weighted by Gasteiger charge is 2.08. The van der Waals surface area contributed by atoms with Gasteiger partial charge in [-0.15, -0.1) is 0 Å². The van der Waals surface area contributed by atoms with Gasteiger partial charge in [-0.2, -0.15) is 0 Å². The molecule has 2 rings (SSSR count). The second-order valence-electron chi connectivity index (χ2n) is 4.18. The summed E-state index contributed by atoms with van der Waals surface area (Å²) >= 11 is 0. The quantitative estimate of drug-likeness (QED) is 0.866. The first-order valence-electron chi connectivity index (χ1n) is 7.10. The van der Waals surface area contributed by atoms with Crippen LogP contribution in [0.4, 0.5) is 11.4 Å². The summed E-state index contributed by atoms with van der Waals surface area (Å²) in [5.41, 5.74) is 8.18. The molecular weight excluding hydrogens is 266 g/mol. The van der Waals surface area contributed by atoms with Crippen LogP contribution >= 0.6 is 0 Å². The van der Waals surface area contributed by atoms with E-state index < -0.39 is 0 Å². The Morgan fingerprint density at radius 1 is 1.33 bits per heavy atom. The third-order valence-corrected chi connectivity index (χ3v) is 2.80. The topological polar surface area (TPSA) is 75.6 Å². The average molecular weight is 289 g/mol. The van der Waals surface area contributed by atoms with Crippen molar-refractivity contribution >= 4 is 29.1 Å². The minimum atomic E-state index is 0.399. The Bertz CT molecular complexity index is 537. The molecule has 6 heteroatoms. The molecule has 1 aliphatic rings. The van der Waals surface area contributed by atoms with Gasteiger partial charge in [0, 0.05) is 13.6 Å². The summed E-state index contributed by atoms with van der Waals surface area (Å²) in [6, 6.07) is 7.94. The SMILES string of the molecule is CC.CCN(C)c1ccccc1N=CC1=NON=C(N)C1. The minimum absolute atomic E-state index is 0.399. The maximum atomic E-state index is 5.57. The molecule has 0 atom stereocenters. The number of aliphatic imine (C=N–C) groups is 1. The molecule has 114 valence electrons. The van der Waals surface area contributed by atoms with E-state index >= 15 is 0 Å². The molecule has 6 nitrogen and oxygen atoms in total. The van der Waals surface area contributed by atoms with Crippen LogP contribution in [0.2, 0.25) is 0 Å². The summed E-state index contributed by atoms with van der Waals surface area (Å²) in [4.78, 5) is 11.2. The highest BCUT2D eigenvalue weighted by atomic mass is 16.8. The average Bonchev–Trinajstić information content (AvgIpc) is 2.54. The standard InChI is InChI=1S/C13H17N5O.C2H6/c1-3-18(2)12-7-5-4-6-11(12)15-9-10-8-13(14)17-19-16-10;1-2/h4-7,9H,3,8H2,1-2H3,(H2,14,17);1-2H3. The van der Waals surface area contributed by atoms with Crippen molar-refractivity contribution in [2.75, 3.05) is 18.5 Å². The second-order valence-corrected chi connectivity index (χ2v) is 4.18. The van der Waals surface area contributed by atoms with Crippen molar-refractivity contribution in [2.45, 2.75) is 27.2 Å². The lowest BCUT2D eigenvalue weighted by atomic mass is 10.2. The predicted molar refractivity (Wildman–Crippen MR) is 89.6 cm³/mol. The number of benzene rings is 1. The molecule has 1 aliphatic heterocycles. The number of rotatable bonds is 4. The molecule has 1 aromatic rings. The molecule has 0 aliphatic carbocycles. The fourth-order valence-electron chi connectivity index (χ4n) is 1.66. The van der Waals surface area contributed by atoms with Gasteiger partial charge in [0.05, 0.1) is 24.0 Å². The van der Waals surface area contributed by atoms with Gasteiger partial charge < -0.3 is 10.6 Å². The van der Waals surface area contributed by atoms with Crippen molar-refractivity contribution in [1.82, 2.24) is 0 Å². The number of hydrogen-bond donors (Lipinski definition) is 1. The third kappa shape index (κ3) is 4.91. The van der Waals surface area contributed by atoms with Gasteiger partial charge in [0.2, 0.25) is 0 Å². The number of oxime groups is 2. The van der Waals surface area contributed by atoms with E-state index in [0.29, 0.717) is 18.0 Å². The van der Waals surface area contributed by atoms with E-state index in [-0.39, 0.29) is 0 Å². The smallest absolute Gasteiger partial charge is 0.148 e. The lowest BCUT2D eigenvalue weighted by molar-refractivity contribution is 0.151. The van der Waals surface area contributed by atoms with E-state index in [4.69, 9.17) is 5.73 Å². The van der Waals surface area contributed by atoms with Crippen molar-refractivity contribution in [1.29, 1.82) is 0 Å². The largest absolute Gasteiger partial charge is 0.384 e. The van der Waals surface area contributed by atoms with E-state index in [1.165, 1.54) is 0 Å². The Labute approximate surface area is 126 Å². The monoisotopic (exact) mass is 289 g/mol. The van der Waals surface area contributed by atoms with E-state index in [1.54, 1.807) is 6.21 Å². The van der Waals surface area contributed by atoms with E-state index in [1.807, 2.05) is 45.2 Å². The van der Waals surface area contributed by atoms with Crippen LogP contribution < -0.4 is 10.6 Å². The van der Waals surface area contributed by atoms with Crippen molar-refractivity contribution in [3.8, 4) is 0 Å². The Morgan fingerprint density at radius 3 is 2.71 bits per heavy atom. The zero-order valence-corrected chi connectivity index (χ0v) is 13.1. The van der Waals surface area contributed by atoms with E-state index in [0.717, 1.165) is 17.9 Å². The van der Waals surface area contributed by atoms with Crippen LogP contribution in [-0.4, -0.2) is 31.4 Å². The van der Waals surface area contributed by atoms with Crippen molar-refractivity contribution in [3.63, 3.8) is 0 Å². The summed E-state index contributed by atoms with van der Waals surface area (Å²) in [7, 11) is 2.03. The van der Waals surface area contributed by atoms with Gasteiger partial charge in [-0.3, -0.25) is 4.99 Å². The molecule has 2 N–H and O–H groups in total. The Hall–Kier alpha value is -2.37. The predicted octanol–water partition coefficient (Wildman–Crippen LogP) is 2.92. The zero-order valence-electron chi connectivity index (χ0n) is 13.1. The summed E-state index contributed by atoms with van der Waals surface area (Å²) in [6.07, 6.45) is 2.11. The first-order valence-corrected chi connectivity index (χ1v) is 7.10. The molecule has 0 unspecified atom stereocenters.